The number of hydrogen-bond donors (Lipinski definition) is 0. The highest BCUT2D eigenvalue weighted by molar-refractivity contribution is 8.33. The lowest BCUT2D eigenvalue weighted by Crippen LogP contribution is -1.65. The van der Waals surface area contributed by atoms with E-state index in [2.05, 4.69) is 35.3 Å². The van der Waals surface area contributed by atoms with Crippen LogP contribution in [-0.2, 0) is 0 Å². The molecule has 0 aromatic rings. The summed E-state index contributed by atoms with van der Waals surface area (Å²) in [6, 6.07) is 0. The van der Waals surface area contributed by atoms with Crippen LogP contribution in [0.2, 0.25) is 0 Å². The van der Waals surface area contributed by atoms with Gasteiger partial charge in [-0.05, 0) is 23.1 Å². The van der Waals surface area contributed by atoms with Crippen molar-refractivity contribution in [2.24, 2.45) is 0 Å². The van der Waals surface area contributed by atoms with Crippen LogP contribution >= 0.6 is 47.0 Å². The lowest BCUT2D eigenvalue weighted by atomic mass is 10.5. The van der Waals surface area contributed by atoms with Gasteiger partial charge in [-0.2, -0.15) is 0 Å². The van der Waals surface area contributed by atoms with Crippen molar-refractivity contribution in [3.63, 3.8) is 0 Å². The standard InChI is InChI=1S/C9H8S4/c1-2-3-7-6-12-9(13-7)8-10-4-5-11-8/h2-6H,1H3/b3-2+. The molecule has 0 nitrogen and oxygen atoms in total. The van der Waals surface area contributed by atoms with Crippen LogP contribution in [0.1, 0.15) is 6.92 Å². The highest BCUT2D eigenvalue weighted by atomic mass is 32.2. The van der Waals surface area contributed by atoms with Crippen LogP contribution in [0.15, 0.2) is 41.8 Å². The summed E-state index contributed by atoms with van der Waals surface area (Å²) in [6.45, 7) is 2.05. The summed E-state index contributed by atoms with van der Waals surface area (Å²) in [6.07, 6.45) is 4.24. The van der Waals surface area contributed by atoms with E-state index in [0.717, 1.165) is 0 Å². The van der Waals surface area contributed by atoms with E-state index in [4.69, 9.17) is 0 Å². The Morgan fingerprint density at radius 2 is 1.85 bits per heavy atom. The summed E-state index contributed by atoms with van der Waals surface area (Å²) >= 11 is 7.35. The number of allylic oxidation sites excluding steroid dienone is 2. The SMILES string of the molecule is C/C=C/C1=CSC(=C2SC=CS2)S1. The van der Waals surface area contributed by atoms with Crippen molar-refractivity contribution in [2.75, 3.05) is 0 Å². The molecule has 0 fully saturated rings. The van der Waals surface area contributed by atoms with Gasteiger partial charge in [0.15, 0.2) is 0 Å². The molecule has 0 aromatic carbocycles. The largest absolute Gasteiger partial charge is 0.0884 e. The van der Waals surface area contributed by atoms with Gasteiger partial charge in [0.2, 0.25) is 0 Å². The average Bonchev–Trinajstić information content (AvgIpc) is 2.70. The van der Waals surface area contributed by atoms with Gasteiger partial charge in [0, 0.05) is 4.91 Å². The molecule has 2 rings (SSSR count). The van der Waals surface area contributed by atoms with E-state index in [0.29, 0.717) is 0 Å². The Labute approximate surface area is 95.4 Å². The Kier molecular flexibility index (Phi) is 3.60. The molecule has 0 saturated carbocycles. The molecule has 0 spiro atoms. The van der Waals surface area contributed by atoms with Crippen LogP contribution in [0.4, 0.5) is 0 Å². The lowest BCUT2D eigenvalue weighted by Gasteiger charge is -1.99. The van der Waals surface area contributed by atoms with Crippen molar-refractivity contribution >= 4 is 47.0 Å². The second kappa shape index (κ2) is 4.73. The molecule has 0 bridgehead atoms. The quantitative estimate of drug-likeness (QED) is 0.639. The van der Waals surface area contributed by atoms with Gasteiger partial charge in [-0.3, -0.25) is 0 Å². The minimum atomic E-state index is 1.35. The Balaban J connectivity index is 2.05. The zero-order valence-electron chi connectivity index (χ0n) is 7.02. The van der Waals surface area contributed by atoms with Crippen molar-refractivity contribution in [1.82, 2.24) is 0 Å². The van der Waals surface area contributed by atoms with E-state index < -0.39 is 0 Å². The first-order valence-corrected chi connectivity index (χ1v) is 7.25. The van der Waals surface area contributed by atoms with Crippen LogP contribution in [0, 0.1) is 0 Å². The maximum Gasteiger partial charge on any atom is 0.0700 e. The maximum atomic E-state index is 2.21. The van der Waals surface area contributed by atoms with Crippen molar-refractivity contribution in [1.29, 1.82) is 0 Å². The van der Waals surface area contributed by atoms with Crippen LogP contribution in [0.25, 0.3) is 0 Å². The first-order chi connectivity index (χ1) is 6.40. The van der Waals surface area contributed by atoms with Gasteiger partial charge in [0.1, 0.15) is 0 Å². The van der Waals surface area contributed by atoms with Crippen LogP contribution in [-0.4, -0.2) is 0 Å². The molecule has 0 atom stereocenters. The minimum absolute atomic E-state index is 1.35. The van der Waals surface area contributed by atoms with Gasteiger partial charge in [-0.25, -0.2) is 0 Å². The van der Waals surface area contributed by atoms with E-state index in [9.17, 15) is 0 Å². The van der Waals surface area contributed by atoms with E-state index in [1.54, 1.807) is 0 Å². The van der Waals surface area contributed by atoms with Crippen LogP contribution in [0.5, 0.6) is 0 Å². The first kappa shape index (κ1) is 9.90. The zero-order valence-corrected chi connectivity index (χ0v) is 10.3. The van der Waals surface area contributed by atoms with Gasteiger partial charge in [0.25, 0.3) is 0 Å². The van der Waals surface area contributed by atoms with Gasteiger partial charge >= 0.3 is 0 Å². The molecule has 4 heteroatoms. The van der Waals surface area contributed by atoms with Crippen LogP contribution in [0.3, 0.4) is 0 Å². The van der Waals surface area contributed by atoms with Crippen molar-refractivity contribution in [3.05, 3.63) is 41.8 Å². The predicted molar refractivity (Wildman–Crippen MR) is 69.4 cm³/mol. The molecular weight excluding hydrogens is 236 g/mol. The Hall–Kier alpha value is 0.360. The van der Waals surface area contributed by atoms with E-state index in [1.807, 2.05) is 47.0 Å². The topological polar surface area (TPSA) is 0 Å². The first-order valence-electron chi connectivity index (χ1n) is 3.80. The number of hydrogen-bond acceptors (Lipinski definition) is 4. The molecule has 0 aromatic heterocycles. The molecule has 0 saturated heterocycles. The van der Waals surface area contributed by atoms with Crippen LogP contribution < -0.4 is 0 Å². The maximum absolute atomic E-state index is 2.21. The summed E-state index contributed by atoms with van der Waals surface area (Å²) in [5.74, 6) is 0. The Morgan fingerprint density at radius 3 is 2.54 bits per heavy atom. The molecule has 0 aliphatic carbocycles. The molecule has 13 heavy (non-hydrogen) atoms. The molecule has 0 amide bonds. The third kappa shape index (κ3) is 2.43. The second-order valence-corrected chi connectivity index (χ2v) is 6.64. The fourth-order valence-electron chi connectivity index (χ4n) is 0.897. The van der Waals surface area contributed by atoms with Crippen molar-refractivity contribution < 1.29 is 0 Å². The number of rotatable bonds is 1. The normalized spacial score (nSPS) is 22.1. The molecule has 0 N–H and O–H groups in total. The average molecular weight is 244 g/mol. The van der Waals surface area contributed by atoms with Gasteiger partial charge in [-0.1, -0.05) is 59.2 Å². The van der Waals surface area contributed by atoms with Gasteiger partial charge in [-0.15, -0.1) is 0 Å². The zero-order chi connectivity index (χ0) is 9.10. The molecule has 2 heterocycles. The smallest absolute Gasteiger partial charge is 0.0700 e. The molecule has 0 unspecified atom stereocenters. The van der Waals surface area contributed by atoms with Crippen molar-refractivity contribution in [3.8, 4) is 0 Å². The summed E-state index contributed by atoms with van der Waals surface area (Å²) < 4.78 is 2.85. The van der Waals surface area contributed by atoms with E-state index in [-0.39, 0.29) is 0 Å². The second-order valence-electron chi connectivity index (χ2n) is 2.32. The van der Waals surface area contributed by atoms with Gasteiger partial charge < -0.3 is 0 Å². The number of thioether (sulfide) groups is 4. The predicted octanol–water partition coefficient (Wildman–Crippen LogP) is 4.96. The summed E-state index contributed by atoms with van der Waals surface area (Å²) in [5, 5.41) is 6.50. The van der Waals surface area contributed by atoms with E-state index in [1.165, 1.54) is 13.4 Å². The lowest BCUT2D eigenvalue weighted by molar-refractivity contribution is 1.73. The highest BCUT2D eigenvalue weighted by Gasteiger charge is 2.16. The monoisotopic (exact) mass is 244 g/mol. The third-order valence-electron chi connectivity index (χ3n) is 1.40. The summed E-state index contributed by atoms with van der Waals surface area (Å²) in [4.78, 5) is 1.35. The summed E-state index contributed by atoms with van der Waals surface area (Å²) in [7, 11) is 0. The third-order valence-corrected chi connectivity index (χ3v) is 6.40. The molecular formula is C9H8S4. The van der Waals surface area contributed by atoms with Gasteiger partial charge in [0.05, 0.1) is 8.47 Å². The van der Waals surface area contributed by atoms with Crippen molar-refractivity contribution in [2.45, 2.75) is 6.92 Å². The highest BCUT2D eigenvalue weighted by Crippen LogP contribution is 2.53. The fourth-order valence-corrected chi connectivity index (χ4v) is 5.31. The Morgan fingerprint density at radius 1 is 1.08 bits per heavy atom. The molecule has 68 valence electrons. The molecule has 2 aliphatic rings. The fraction of sp³-hybridized carbons (Fsp3) is 0.111. The summed E-state index contributed by atoms with van der Waals surface area (Å²) in [5.41, 5.74) is 0. The Bertz CT molecular complexity index is 313. The molecule has 0 radical (unpaired) electrons. The van der Waals surface area contributed by atoms with E-state index >= 15 is 0 Å². The molecule has 2 aliphatic heterocycles. The minimum Gasteiger partial charge on any atom is -0.0884 e.